The normalized spacial score (nSPS) is 22.8. The second kappa shape index (κ2) is 6.70. The van der Waals surface area contributed by atoms with Crippen LogP contribution in [0.3, 0.4) is 0 Å². The molecule has 114 valence electrons. The third kappa shape index (κ3) is 3.14. The van der Waals surface area contributed by atoms with E-state index in [4.69, 9.17) is 16.6 Å². The van der Waals surface area contributed by atoms with Gasteiger partial charge in [0.2, 0.25) is 0 Å². The van der Waals surface area contributed by atoms with Gasteiger partial charge in [0.1, 0.15) is 5.82 Å². The highest BCUT2D eigenvalue weighted by molar-refractivity contribution is 9.10. The number of aromatic nitrogens is 2. The van der Waals surface area contributed by atoms with Crippen LogP contribution in [0.2, 0.25) is 0 Å². The van der Waals surface area contributed by atoms with Gasteiger partial charge in [0.15, 0.2) is 0 Å². The first-order valence-corrected chi connectivity index (χ1v) is 9.28. The van der Waals surface area contributed by atoms with E-state index in [9.17, 15) is 0 Å². The van der Waals surface area contributed by atoms with Gasteiger partial charge in [-0.05, 0) is 49.8 Å². The zero-order valence-electron chi connectivity index (χ0n) is 12.5. The number of rotatable bonds is 4. The summed E-state index contributed by atoms with van der Waals surface area (Å²) in [5.41, 5.74) is 2.35. The van der Waals surface area contributed by atoms with Crippen molar-refractivity contribution in [3.63, 3.8) is 0 Å². The van der Waals surface area contributed by atoms with Gasteiger partial charge in [-0.1, -0.05) is 29.3 Å². The standard InChI is InChI=1S/C17H22BrClN2/c1-2-12-3-6-14(7-4-12)21-16-11-13(18)5-8-15(16)20-17(21)9-10-19/h5,8,11-12,14H,2-4,6-7,9-10H2,1H3. The van der Waals surface area contributed by atoms with Crippen LogP contribution < -0.4 is 0 Å². The number of alkyl halides is 1. The molecule has 0 N–H and O–H groups in total. The third-order valence-corrected chi connectivity index (χ3v) is 5.48. The molecule has 0 radical (unpaired) electrons. The molecule has 0 spiro atoms. The molecular weight excluding hydrogens is 348 g/mol. The fraction of sp³-hybridized carbons (Fsp3) is 0.588. The summed E-state index contributed by atoms with van der Waals surface area (Å²) in [6, 6.07) is 6.96. The lowest BCUT2D eigenvalue weighted by Crippen LogP contribution is -2.19. The Bertz CT molecular complexity index is 615. The van der Waals surface area contributed by atoms with Gasteiger partial charge >= 0.3 is 0 Å². The molecule has 21 heavy (non-hydrogen) atoms. The summed E-state index contributed by atoms with van der Waals surface area (Å²) in [7, 11) is 0. The van der Waals surface area contributed by atoms with Gasteiger partial charge < -0.3 is 4.57 Å². The van der Waals surface area contributed by atoms with Crippen LogP contribution in [0.1, 0.15) is 50.9 Å². The van der Waals surface area contributed by atoms with E-state index in [1.807, 2.05) is 0 Å². The van der Waals surface area contributed by atoms with Crippen LogP contribution in [0.4, 0.5) is 0 Å². The predicted octanol–water partition coefficient (Wildman–Crippen LogP) is 5.72. The van der Waals surface area contributed by atoms with Crippen LogP contribution in [0.5, 0.6) is 0 Å². The number of fused-ring (bicyclic) bond motifs is 1. The first kappa shape index (κ1) is 15.4. The van der Waals surface area contributed by atoms with E-state index in [0.29, 0.717) is 11.9 Å². The van der Waals surface area contributed by atoms with Crippen molar-refractivity contribution in [2.45, 2.75) is 51.5 Å². The fourth-order valence-electron chi connectivity index (χ4n) is 3.60. The zero-order valence-corrected chi connectivity index (χ0v) is 14.8. The smallest absolute Gasteiger partial charge is 0.111 e. The highest BCUT2D eigenvalue weighted by Crippen LogP contribution is 2.37. The third-order valence-electron chi connectivity index (χ3n) is 4.80. The number of hydrogen-bond acceptors (Lipinski definition) is 1. The molecule has 1 saturated carbocycles. The summed E-state index contributed by atoms with van der Waals surface area (Å²) >= 11 is 9.58. The van der Waals surface area contributed by atoms with E-state index in [0.717, 1.165) is 28.2 Å². The summed E-state index contributed by atoms with van der Waals surface area (Å²) in [6.45, 7) is 2.31. The summed E-state index contributed by atoms with van der Waals surface area (Å²) in [6.07, 6.45) is 7.39. The van der Waals surface area contributed by atoms with Gasteiger partial charge in [0.05, 0.1) is 11.0 Å². The lowest BCUT2D eigenvalue weighted by Gasteiger charge is -2.30. The van der Waals surface area contributed by atoms with Gasteiger partial charge in [-0.2, -0.15) is 0 Å². The van der Waals surface area contributed by atoms with Crippen LogP contribution in [0.15, 0.2) is 22.7 Å². The molecule has 2 aromatic rings. The summed E-state index contributed by atoms with van der Waals surface area (Å²) in [4.78, 5) is 4.82. The van der Waals surface area contributed by atoms with E-state index >= 15 is 0 Å². The second-order valence-corrected chi connectivity index (χ2v) is 7.35. The zero-order chi connectivity index (χ0) is 14.8. The molecule has 4 heteroatoms. The fourth-order valence-corrected chi connectivity index (χ4v) is 4.11. The predicted molar refractivity (Wildman–Crippen MR) is 93.1 cm³/mol. The summed E-state index contributed by atoms with van der Waals surface area (Å²) in [5.74, 6) is 2.70. The molecule has 1 aromatic heterocycles. The Kier molecular flexibility index (Phi) is 4.90. The van der Waals surface area contributed by atoms with Gasteiger partial charge in [0, 0.05) is 22.8 Å². The molecule has 1 aliphatic rings. The van der Waals surface area contributed by atoms with Crippen LogP contribution >= 0.6 is 27.5 Å². The molecule has 0 unspecified atom stereocenters. The Hall–Kier alpha value is -0.540. The Morgan fingerprint density at radius 3 is 2.71 bits per heavy atom. The van der Waals surface area contributed by atoms with Crippen molar-refractivity contribution in [2.24, 2.45) is 5.92 Å². The minimum absolute atomic E-state index is 0.588. The summed E-state index contributed by atoms with van der Waals surface area (Å²) in [5, 5.41) is 0. The van der Waals surface area contributed by atoms with Crippen LogP contribution in [-0.4, -0.2) is 15.4 Å². The molecule has 0 amide bonds. The van der Waals surface area contributed by atoms with Crippen molar-refractivity contribution in [3.05, 3.63) is 28.5 Å². The van der Waals surface area contributed by atoms with Crippen molar-refractivity contribution in [1.29, 1.82) is 0 Å². The second-order valence-electron chi connectivity index (χ2n) is 6.05. The lowest BCUT2D eigenvalue weighted by molar-refractivity contribution is 0.270. The molecular formula is C17H22BrClN2. The van der Waals surface area contributed by atoms with Gasteiger partial charge in [-0.25, -0.2) is 4.98 Å². The Balaban J connectivity index is 1.98. The number of halogens is 2. The number of benzene rings is 1. The lowest BCUT2D eigenvalue weighted by atomic mass is 9.84. The molecule has 0 saturated heterocycles. The van der Waals surface area contributed by atoms with Crippen molar-refractivity contribution in [1.82, 2.24) is 9.55 Å². The minimum atomic E-state index is 0.588. The molecule has 1 fully saturated rings. The number of aryl methyl sites for hydroxylation is 1. The first-order valence-electron chi connectivity index (χ1n) is 7.95. The monoisotopic (exact) mass is 368 g/mol. The van der Waals surface area contributed by atoms with Crippen molar-refractivity contribution >= 4 is 38.6 Å². The maximum atomic E-state index is 5.99. The quantitative estimate of drug-likeness (QED) is 0.630. The average molecular weight is 370 g/mol. The molecule has 2 nitrogen and oxygen atoms in total. The maximum Gasteiger partial charge on any atom is 0.111 e. The highest BCUT2D eigenvalue weighted by atomic mass is 79.9. The van der Waals surface area contributed by atoms with Crippen molar-refractivity contribution in [3.8, 4) is 0 Å². The van der Waals surface area contributed by atoms with E-state index in [2.05, 4.69) is 45.6 Å². The van der Waals surface area contributed by atoms with E-state index in [1.54, 1.807) is 0 Å². The summed E-state index contributed by atoms with van der Waals surface area (Å²) < 4.78 is 3.59. The van der Waals surface area contributed by atoms with E-state index < -0.39 is 0 Å². The van der Waals surface area contributed by atoms with Gasteiger partial charge in [0.25, 0.3) is 0 Å². The number of imidazole rings is 1. The minimum Gasteiger partial charge on any atom is -0.325 e. The van der Waals surface area contributed by atoms with E-state index in [1.165, 1.54) is 37.6 Å². The van der Waals surface area contributed by atoms with Gasteiger partial charge in [-0.15, -0.1) is 11.6 Å². The van der Waals surface area contributed by atoms with Crippen LogP contribution in [0, 0.1) is 5.92 Å². The Labute approximate surface area is 140 Å². The Morgan fingerprint density at radius 1 is 1.29 bits per heavy atom. The largest absolute Gasteiger partial charge is 0.325 e. The van der Waals surface area contributed by atoms with E-state index in [-0.39, 0.29) is 0 Å². The topological polar surface area (TPSA) is 17.8 Å². The van der Waals surface area contributed by atoms with Gasteiger partial charge in [-0.3, -0.25) is 0 Å². The Morgan fingerprint density at radius 2 is 2.05 bits per heavy atom. The molecule has 1 heterocycles. The number of nitrogens with zero attached hydrogens (tertiary/aromatic N) is 2. The molecule has 0 bridgehead atoms. The molecule has 1 aliphatic carbocycles. The average Bonchev–Trinajstić information content (AvgIpc) is 2.85. The molecule has 0 aliphatic heterocycles. The molecule has 0 atom stereocenters. The number of hydrogen-bond donors (Lipinski definition) is 0. The van der Waals surface area contributed by atoms with Crippen molar-refractivity contribution in [2.75, 3.05) is 5.88 Å². The highest BCUT2D eigenvalue weighted by Gasteiger charge is 2.24. The van der Waals surface area contributed by atoms with Crippen molar-refractivity contribution < 1.29 is 0 Å². The SMILES string of the molecule is CCC1CCC(n2c(CCCl)nc3ccc(Br)cc32)CC1. The first-order chi connectivity index (χ1) is 10.2. The van der Waals surface area contributed by atoms with Crippen LogP contribution in [-0.2, 0) is 6.42 Å². The maximum absolute atomic E-state index is 5.99. The van der Waals surface area contributed by atoms with Crippen LogP contribution in [0.25, 0.3) is 11.0 Å². The molecule has 1 aromatic carbocycles. The molecule has 3 rings (SSSR count).